The van der Waals surface area contributed by atoms with Crippen molar-refractivity contribution >= 4 is 82.4 Å². The summed E-state index contributed by atoms with van der Waals surface area (Å²) in [6.07, 6.45) is 0. The van der Waals surface area contributed by atoms with Crippen LogP contribution in [-0.4, -0.2) is 4.57 Å². The zero-order valence-electron chi connectivity index (χ0n) is 28.8. The Kier molecular flexibility index (Phi) is 6.55. The van der Waals surface area contributed by atoms with Gasteiger partial charge in [0.15, 0.2) is 0 Å². The smallest absolute Gasteiger partial charge is 0.136 e. The summed E-state index contributed by atoms with van der Waals surface area (Å²) in [6.45, 7) is 0. The minimum absolute atomic E-state index is 0.877. The second-order valence-corrected chi connectivity index (χ2v) is 13.7. The van der Waals surface area contributed by atoms with E-state index >= 15 is 0 Å². The lowest BCUT2D eigenvalue weighted by Gasteiger charge is -2.27. The van der Waals surface area contributed by atoms with Gasteiger partial charge < -0.3 is 13.9 Å². The third kappa shape index (κ3) is 4.68. The monoisotopic (exact) mass is 676 g/mol. The minimum atomic E-state index is 0.877. The van der Waals surface area contributed by atoms with Gasteiger partial charge in [-0.25, -0.2) is 0 Å². The Morgan fingerprint density at radius 3 is 1.94 bits per heavy atom. The third-order valence-corrected chi connectivity index (χ3v) is 10.7. The number of hydrogen-bond donors (Lipinski definition) is 0. The van der Waals surface area contributed by atoms with Crippen LogP contribution in [0.25, 0.3) is 82.1 Å². The third-order valence-electron chi connectivity index (χ3n) is 10.7. The van der Waals surface area contributed by atoms with E-state index in [0.717, 1.165) is 50.2 Å². The van der Waals surface area contributed by atoms with Gasteiger partial charge in [0, 0.05) is 38.6 Å². The van der Waals surface area contributed by atoms with Crippen LogP contribution in [0.5, 0.6) is 0 Å². The van der Waals surface area contributed by atoms with Gasteiger partial charge in [0.2, 0.25) is 0 Å². The van der Waals surface area contributed by atoms with E-state index in [-0.39, 0.29) is 0 Å². The van der Waals surface area contributed by atoms with Crippen molar-refractivity contribution in [3.63, 3.8) is 0 Å². The predicted molar refractivity (Wildman–Crippen MR) is 223 cm³/mol. The van der Waals surface area contributed by atoms with Crippen LogP contribution in [0.3, 0.4) is 0 Å². The van der Waals surface area contributed by atoms with E-state index in [4.69, 9.17) is 4.42 Å². The van der Waals surface area contributed by atoms with Crippen molar-refractivity contribution in [3.05, 3.63) is 194 Å². The zero-order chi connectivity index (χ0) is 34.9. The molecule has 0 bridgehead atoms. The Labute approximate surface area is 306 Å². The van der Waals surface area contributed by atoms with Crippen molar-refractivity contribution in [2.75, 3.05) is 4.90 Å². The van der Waals surface area contributed by atoms with Gasteiger partial charge in [-0.05, 0) is 105 Å². The largest absolute Gasteiger partial charge is 0.456 e. The highest BCUT2D eigenvalue weighted by atomic mass is 16.3. The van der Waals surface area contributed by atoms with Crippen molar-refractivity contribution in [2.45, 2.75) is 0 Å². The lowest BCUT2D eigenvalue weighted by atomic mass is 9.97. The van der Waals surface area contributed by atoms with Gasteiger partial charge in [-0.15, -0.1) is 0 Å². The summed E-state index contributed by atoms with van der Waals surface area (Å²) in [5.41, 5.74) is 10.9. The van der Waals surface area contributed by atoms with Gasteiger partial charge >= 0.3 is 0 Å². The van der Waals surface area contributed by atoms with E-state index < -0.39 is 0 Å². The molecule has 2 aromatic heterocycles. The summed E-state index contributed by atoms with van der Waals surface area (Å²) in [4.78, 5) is 2.43. The van der Waals surface area contributed by atoms with Crippen LogP contribution < -0.4 is 4.90 Å². The van der Waals surface area contributed by atoms with Crippen molar-refractivity contribution < 1.29 is 4.42 Å². The number of hydrogen-bond acceptors (Lipinski definition) is 2. The molecule has 0 aliphatic heterocycles. The van der Waals surface area contributed by atoms with Crippen LogP contribution in [0.15, 0.2) is 199 Å². The standard InChI is InChI=1S/C50H32N2O/c1-2-18-37(19-3-1)52-45-24-9-8-22-42(45)50-46(25-12-26-47(50)52)51(38-20-10-17-36(29-38)41-23-11-16-33-13-6-7-21-40(33)41)39-27-28-48-44(32-39)43-30-34-14-4-5-15-35(34)31-49(43)53-48/h1-32H. The van der Waals surface area contributed by atoms with Crippen molar-refractivity contribution in [1.82, 2.24) is 4.57 Å². The average Bonchev–Trinajstić information content (AvgIpc) is 3.75. The number of anilines is 3. The minimum Gasteiger partial charge on any atom is -0.456 e. The molecular weight excluding hydrogens is 645 g/mol. The fourth-order valence-electron chi connectivity index (χ4n) is 8.35. The molecule has 9 aromatic carbocycles. The van der Waals surface area contributed by atoms with E-state index in [2.05, 4.69) is 204 Å². The Hall–Kier alpha value is -7.10. The van der Waals surface area contributed by atoms with Gasteiger partial charge in [0.1, 0.15) is 11.2 Å². The molecule has 0 spiro atoms. The molecule has 2 heterocycles. The zero-order valence-corrected chi connectivity index (χ0v) is 28.8. The van der Waals surface area contributed by atoms with E-state index in [1.807, 2.05) is 0 Å². The number of benzene rings is 9. The van der Waals surface area contributed by atoms with Gasteiger partial charge in [0.05, 0.1) is 16.7 Å². The summed E-state index contributed by atoms with van der Waals surface area (Å²) in [6, 6.07) is 69.9. The molecule has 3 nitrogen and oxygen atoms in total. The molecule has 0 aliphatic rings. The first-order valence-electron chi connectivity index (χ1n) is 18.1. The SMILES string of the molecule is c1ccc(-n2c3ccccc3c3c(N(c4cccc(-c5cccc6ccccc56)c4)c4ccc5oc6cc7ccccc7cc6c5c4)cccc32)cc1. The Balaban J connectivity index is 1.20. The number of aromatic nitrogens is 1. The van der Waals surface area contributed by atoms with Gasteiger partial charge in [-0.2, -0.15) is 0 Å². The topological polar surface area (TPSA) is 21.3 Å². The molecule has 53 heavy (non-hydrogen) atoms. The van der Waals surface area contributed by atoms with Crippen LogP contribution in [0, 0.1) is 0 Å². The second-order valence-electron chi connectivity index (χ2n) is 13.7. The molecule has 0 saturated heterocycles. The average molecular weight is 677 g/mol. The van der Waals surface area contributed by atoms with Crippen LogP contribution >= 0.6 is 0 Å². The predicted octanol–water partition coefficient (Wildman–Crippen LogP) is 14.1. The molecule has 3 heteroatoms. The lowest BCUT2D eigenvalue weighted by molar-refractivity contribution is 0.669. The van der Waals surface area contributed by atoms with E-state index in [9.17, 15) is 0 Å². The van der Waals surface area contributed by atoms with Crippen molar-refractivity contribution in [1.29, 1.82) is 0 Å². The quantitative estimate of drug-likeness (QED) is 0.181. The van der Waals surface area contributed by atoms with Gasteiger partial charge in [0.25, 0.3) is 0 Å². The molecule has 0 saturated carbocycles. The van der Waals surface area contributed by atoms with Gasteiger partial charge in [-0.1, -0.05) is 121 Å². The Morgan fingerprint density at radius 2 is 1.06 bits per heavy atom. The molecule has 0 fully saturated rings. The van der Waals surface area contributed by atoms with Crippen LogP contribution in [0.4, 0.5) is 17.1 Å². The van der Waals surface area contributed by atoms with Crippen molar-refractivity contribution in [2.24, 2.45) is 0 Å². The van der Waals surface area contributed by atoms with Crippen molar-refractivity contribution in [3.8, 4) is 16.8 Å². The molecule has 0 amide bonds. The molecule has 0 N–H and O–H groups in total. The molecule has 11 aromatic rings. The van der Waals surface area contributed by atoms with Crippen LogP contribution in [0.2, 0.25) is 0 Å². The highest BCUT2D eigenvalue weighted by Gasteiger charge is 2.22. The summed E-state index contributed by atoms with van der Waals surface area (Å²) in [5.74, 6) is 0. The molecule has 0 radical (unpaired) electrons. The summed E-state index contributed by atoms with van der Waals surface area (Å²) in [5, 5.41) is 9.46. The summed E-state index contributed by atoms with van der Waals surface area (Å²) < 4.78 is 8.87. The lowest BCUT2D eigenvalue weighted by Crippen LogP contribution is -2.10. The molecule has 0 unspecified atom stereocenters. The molecule has 0 atom stereocenters. The fraction of sp³-hybridized carbons (Fsp3) is 0. The van der Waals surface area contributed by atoms with E-state index in [0.29, 0.717) is 0 Å². The fourth-order valence-corrected chi connectivity index (χ4v) is 8.35. The molecule has 0 aliphatic carbocycles. The number of para-hydroxylation sites is 2. The molecule has 11 rings (SSSR count). The maximum Gasteiger partial charge on any atom is 0.136 e. The first kappa shape index (κ1) is 29.6. The van der Waals surface area contributed by atoms with Crippen LogP contribution in [0.1, 0.15) is 0 Å². The second kappa shape index (κ2) is 11.7. The summed E-state index contributed by atoms with van der Waals surface area (Å²) in [7, 11) is 0. The summed E-state index contributed by atoms with van der Waals surface area (Å²) >= 11 is 0. The molecular formula is C50H32N2O. The highest BCUT2D eigenvalue weighted by Crippen LogP contribution is 2.46. The Bertz CT molecular complexity index is 3180. The van der Waals surface area contributed by atoms with Crippen LogP contribution in [-0.2, 0) is 0 Å². The number of furan rings is 1. The maximum atomic E-state index is 6.48. The Morgan fingerprint density at radius 1 is 0.396 bits per heavy atom. The maximum absolute atomic E-state index is 6.48. The highest BCUT2D eigenvalue weighted by molar-refractivity contribution is 6.17. The number of rotatable bonds is 5. The van der Waals surface area contributed by atoms with Gasteiger partial charge in [-0.3, -0.25) is 0 Å². The first-order chi connectivity index (χ1) is 26.3. The van der Waals surface area contributed by atoms with E-state index in [1.165, 1.54) is 49.0 Å². The first-order valence-corrected chi connectivity index (χ1v) is 18.1. The molecule has 248 valence electrons. The number of nitrogens with zero attached hydrogens (tertiary/aromatic N) is 2. The number of fused-ring (bicyclic) bond motifs is 8. The normalized spacial score (nSPS) is 11.8. The van der Waals surface area contributed by atoms with E-state index in [1.54, 1.807) is 0 Å².